The minimum Gasteiger partial charge on any atom is -0.383 e. The number of Topliss-reactive ketones (excluding diaryl/α,β-unsaturated/α-hetero) is 1. The summed E-state index contributed by atoms with van der Waals surface area (Å²) < 4.78 is 5.84. The SMILES string of the molecule is CN1O[C@H]2CC(=O)[C@H](O)[C@H](OCc3ccccc3)[C@@H]1C2. The molecule has 1 saturated heterocycles. The van der Waals surface area contributed by atoms with Gasteiger partial charge in [-0.2, -0.15) is 5.06 Å². The van der Waals surface area contributed by atoms with Crippen LogP contribution in [0, 0.1) is 0 Å². The van der Waals surface area contributed by atoms with Crippen LogP contribution in [-0.4, -0.2) is 47.4 Å². The van der Waals surface area contributed by atoms with E-state index in [1.54, 1.807) is 5.06 Å². The Morgan fingerprint density at radius 2 is 2.15 bits per heavy atom. The number of hydrogen-bond donors (Lipinski definition) is 1. The third-order valence-electron chi connectivity index (χ3n) is 4.02. The van der Waals surface area contributed by atoms with E-state index in [4.69, 9.17) is 9.57 Å². The van der Waals surface area contributed by atoms with Crippen molar-refractivity contribution in [3.8, 4) is 0 Å². The maximum atomic E-state index is 11.9. The van der Waals surface area contributed by atoms with Crippen molar-refractivity contribution in [2.24, 2.45) is 0 Å². The number of aliphatic hydroxyl groups is 1. The van der Waals surface area contributed by atoms with Crippen LogP contribution in [0.4, 0.5) is 0 Å². The van der Waals surface area contributed by atoms with Gasteiger partial charge < -0.3 is 9.84 Å². The Balaban J connectivity index is 1.73. The number of nitrogens with zero attached hydrogens (tertiary/aromatic N) is 1. The van der Waals surface area contributed by atoms with Crippen molar-refractivity contribution in [3.63, 3.8) is 0 Å². The molecule has 1 aromatic carbocycles. The van der Waals surface area contributed by atoms with E-state index in [1.165, 1.54) is 0 Å². The molecule has 1 aliphatic heterocycles. The largest absolute Gasteiger partial charge is 0.383 e. The van der Waals surface area contributed by atoms with Crippen molar-refractivity contribution in [3.05, 3.63) is 35.9 Å². The molecule has 1 heterocycles. The Hall–Kier alpha value is -1.27. The minimum absolute atomic E-state index is 0.0786. The van der Waals surface area contributed by atoms with Gasteiger partial charge in [0, 0.05) is 13.5 Å². The summed E-state index contributed by atoms with van der Waals surface area (Å²) in [5, 5.41) is 11.9. The van der Waals surface area contributed by atoms with Crippen molar-refractivity contribution >= 4 is 5.78 Å². The van der Waals surface area contributed by atoms with Crippen LogP contribution in [0.15, 0.2) is 30.3 Å². The molecule has 4 atom stereocenters. The summed E-state index contributed by atoms with van der Waals surface area (Å²) in [5.41, 5.74) is 1.02. The van der Waals surface area contributed by atoms with Crippen molar-refractivity contribution in [1.82, 2.24) is 5.06 Å². The molecule has 1 aromatic rings. The second-order valence-corrected chi connectivity index (χ2v) is 5.45. The Morgan fingerprint density at radius 1 is 1.40 bits per heavy atom. The number of carbonyl (C=O) groups excluding carboxylic acids is 1. The zero-order valence-electron chi connectivity index (χ0n) is 11.4. The van der Waals surface area contributed by atoms with Crippen molar-refractivity contribution in [2.45, 2.75) is 43.8 Å². The van der Waals surface area contributed by atoms with Crippen LogP contribution in [0.3, 0.4) is 0 Å². The number of ketones is 1. The molecule has 0 unspecified atom stereocenters. The van der Waals surface area contributed by atoms with Gasteiger partial charge in [-0.3, -0.25) is 9.63 Å². The highest BCUT2D eigenvalue weighted by Crippen LogP contribution is 2.31. The molecular formula is C15H19NO4. The summed E-state index contributed by atoms with van der Waals surface area (Å²) in [6.45, 7) is 0.380. The van der Waals surface area contributed by atoms with Crippen LogP contribution in [0.2, 0.25) is 0 Å². The first kappa shape index (κ1) is 13.7. The number of hydrogen-bond acceptors (Lipinski definition) is 5. The number of hydroxylamine groups is 2. The second-order valence-electron chi connectivity index (χ2n) is 5.45. The van der Waals surface area contributed by atoms with Crippen LogP contribution in [0.25, 0.3) is 0 Å². The molecule has 0 amide bonds. The van der Waals surface area contributed by atoms with Crippen LogP contribution >= 0.6 is 0 Å². The van der Waals surface area contributed by atoms with Gasteiger partial charge in [-0.15, -0.1) is 0 Å². The molecule has 0 spiro atoms. The minimum atomic E-state index is -1.07. The number of fused-ring (bicyclic) bond motifs is 2. The number of rotatable bonds is 3. The first-order valence-electron chi connectivity index (χ1n) is 6.91. The van der Waals surface area contributed by atoms with E-state index in [-0.39, 0.29) is 24.3 Å². The van der Waals surface area contributed by atoms with E-state index < -0.39 is 12.2 Å². The molecule has 1 saturated carbocycles. The summed E-state index contributed by atoms with van der Waals surface area (Å²) >= 11 is 0. The lowest BCUT2D eigenvalue weighted by molar-refractivity contribution is -0.193. The lowest BCUT2D eigenvalue weighted by Gasteiger charge is -2.30. The Labute approximate surface area is 118 Å². The average Bonchev–Trinajstić information content (AvgIpc) is 2.75. The van der Waals surface area contributed by atoms with Gasteiger partial charge in [0.1, 0.15) is 12.2 Å². The van der Waals surface area contributed by atoms with Crippen LogP contribution in [0.5, 0.6) is 0 Å². The summed E-state index contributed by atoms with van der Waals surface area (Å²) in [6.07, 6.45) is -0.760. The van der Waals surface area contributed by atoms with Crippen LogP contribution in [0.1, 0.15) is 18.4 Å². The molecule has 108 valence electrons. The lowest BCUT2D eigenvalue weighted by atomic mass is 10.0. The van der Waals surface area contributed by atoms with Crippen molar-refractivity contribution in [2.75, 3.05) is 7.05 Å². The monoisotopic (exact) mass is 277 g/mol. The molecule has 5 heteroatoms. The first-order chi connectivity index (χ1) is 9.65. The van der Waals surface area contributed by atoms with E-state index >= 15 is 0 Å². The van der Waals surface area contributed by atoms with Gasteiger partial charge in [0.2, 0.25) is 0 Å². The average molecular weight is 277 g/mol. The summed E-state index contributed by atoms with van der Waals surface area (Å²) in [4.78, 5) is 17.5. The summed E-state index contributed by atoms with van der Waals surface area (Å²) in [6, 6.07) is 9.66. The quantitative estimate of drug-likeness (QED) is 0.890. The number of benzene rings is 1. The number of carbonyl (C=O) groups is 1. The van der Waals surface area contributed by atoms with Crippen LogP contribution in [-0.2, 0) is 21.0 Å². The van der Waals surface area contributed by atoms with Crippen molar-refractivity contribution < 1.29 is 19.5 Å². The Kier molecular flexibility index (Phi) is 3.85. The molecule has 2 bridgehead atoms. The van der Waals surface area contributed by atoms with Gasteiger partial charge in [-0.25, -0.2) is 0 Å². The molecule has 1 aliphatic carbocycles. The number of likely N-dealkylation sites (N-methyl/N-ethyl adjacent to an activating group) is 1. The molecule has 2 fully saturated rings. The second kappa shape index (κ2) is 5.61. The summed E-state index contributed by atoms with van der Waals surface area (Å²) in [5.74, 6) is -0.191. The van der Waals surface area contributed by atoms with Gasteiger partial charge in [0.15, 0.2) is 5.78 Å². The van der Waals surface area contributed by atoms with E-state index in [1.807, 2.05) is 37.4 Å². The third kappa shape index (κ3) is 2.62. The topological polar surface area (TPSA) is 59.0 Å². The predicted octanol–water partition coefficient (Wildman–Crippen LogP) is 0.910. The number of aliphatic hydroxyl groups excluding tert-OH is 1. The highest BCUT2D eigenvalue weighted by atomic mass is 16.7. The standard InChI is InChI=1S/C15H19NO4/c1-16-12-7-11(20-16)8-13(17)14(18)15(12)19-9-10-5-3-2-4-6-10/h2-6,11-12,14-15,18H,7-9H2,1H3/t11-,12+,14+,15-/m1/s1. The van der Waals surface area contributed by atoms with E-state index in [9.17, 15) is 9.90 Å². The molecule has 0 radical (unpaired) electrons. The highest BCUT2D eigenvalue weighted by molar-refractivity contribution is 5.84. The molecule has 5 nitrogen and oxygen atoms in total. The zero-order chi connectivity index (χ0) is 14.1. The van der Waals surface area contributed by atoms with Gasteiger partial charge in [-0.05, 0) is 12.0 Å². The molecule has 0 aromatic heterocycles. The van der Waals surface area contributed by atoms with E-state index in [0.717, 1.165) is 12.0 Å². The predicted molar refractivity (Wildman–Crippen MR) is 71.7 cm³/mol. The van der Waals surface area contributed by atoms with Gasteiger partial charge in [-0.1, -0.05) is 30.3 Å². The molecule has 2 aliphatic rings. The maximum Gasteiger partial charge on any atom is 0.166 e. The van der Waals surface area contributed by atoms with Crippen LogP contribution < -0.4 is 0 Å². The maximum absolute atomic E-state index is 11.9. The zero-order valence-corrected chi connectivity index (χ0v) is 11.4. The fourth-order valence-corrected chi connectivity index (χ4v) is 2.94. The van der Waals surface area contributed by atoms with Gasteiger partial charge in [0.25, 0.3) is 0 Å². The van der Waals surface area contributed by atoms with Gasteiger partial charge in [0.05, 0.1) is 18.8 Å². The fraction of sp³-hybridized carbons (Fsp3) is 0.533. The lowest BCUT2D eigenvalue weighted by Crippen LogP contribution is -2.48. The van der Waals surface area contributed by atoms with E-state index in [0.29, 0.717) is 6.61 Å². The highest BCUT2D eigenvalue weighted by Gasteiger charge is 2.46. The Morgan fingerprint density at radius 3 is 2.90 bits per heavy atom. The number of ether oxygens (including phenoxy) is 1. The smallest absolute Gasteiger partial charge is 0.166 e. The fourth-order valence-electron chi connectivity index (χ4n) is 2.94. The first-order valence-corrected chi connectivity index (χ1v) is 6.91. The van der Waals surface area contributed by atoms with Gasteiger partial charge >= 0.3 is 0 Å². The molecule has 1 N–H and O–H groups in total. The Bertz CT molecular complexity index is 478. The molecule has 20 heavy (non-hydrogen) atoms. The molecular weight excluding hydrogens is 258 g/mol. The third-order valence-corrected chi connectivity index (χ3v) is 4.02. The van der Waals surface area contributed by atoms with E-state index in [2.05, 4.69) is 0 Å². The van der Waals surface area contributed by atoms with Crippen molar-refractivity contribution in [1.29, 1.82) is 0 Å². The summed E-state index contributed by atoms with van der Waals surface area (Å²) in [7, 11) is 1.83. The normalized spacial score (nSPS) is 34.2. The molecule has 3 rings (SSSR count).